The van der Waals surface area contributed by atoms with E-state index in [1.165, 1.54) is 38.2 Å². The Kier molecular flexibility index (Phi) is 9.07. The molecule has 0 radical (unpaired) electrons. The van der Waals surface area contributed by atoms with Gasteiger partial charge < -0.3 is 0 Å². The van der Waals surface area contributed by atoms with Gasteiger partial charge in [0.1, 0.15) is 0 Å². The number of hydrogen-bond donors (Lipinski definition) is 0. The molecule has 0 N–H and O–H groups in total. The monoisotopic (exact) mass is 418 g/mol. The summed E-state index contributed by atoms with van der Waals surface area (Å²) in [5.41, 5.74) is 4.26. The van der Waals surface area contributed by atoms with Crippen molar-refractivity contribution in [2.45, 2.75) is 40.0 Å². The fourth-order valence-electron chi connectivity index (χ4n) is 3.77. The van der Waals surface area contributed by atoms with Gasteiger partial charge in [-0.3, -0.25) is 0 Å². The van der Waals surface area contributed by atoms with E-state index in [1.807, 2.05) is 6.07 Å². The first-order chi connectivity index (χ1) is 15.7. The van der Waals surface area contributed by atoms with Crippen molar-refractivity contribution in [2.75, 3.05) is 0 Å². The number of rotatable bonds is 3. The van der Waals surface area contributed by atoms with Gasteiger partial charge in [-0.2, -0.15) is 0 Å². The molecule has 5 aromatic rings. The van der Waals surface area contributed by atoms with E-state index in [4.69, 9.17) is 0 Å². The van der Waals surface area contributed by atoms with Crippen LogP contribution in [0.4, 0.5) is 0 Å². The van der Waals surface area contributed by atoms with E-state index in [9.17, 15) is 0 Å². The van der Waals surface area contributed by atoms with Gasteiger partial charge in [-0.15, -0.1) is 0 Å². The third-order valence-electron chi connectivity index (χ3n) is 5.73. The van der Waals surface area contributed by atoms with Crippen LogP contribution in [0.1, 0.15) is 37.5 Å². The van der Waals surface area contributed by atoms with Gasteiger partial charge >= 0.3 is 0 Å². The molecule has 0 heterocycles. The third kappa shape index (κ3) is 6.56. The first kappa shape index (κ1) is 23.3. The van der Waals surface area contributed by atoms with Crippen LogP contribution in [0.5, 0.6) is 0 Å². The molecule has 5 aromatic carbocycles. The molecule has 0 aliphatic heterocycles. The molecular formula is C32H34. The van der Waals surface area contributed by atoms with Crippen LogP contribution in [0.3, 0.4) is 0 Å². The zero-order chi connectivity index (χ0) is 22.6. The molecule has 0 nitrogen and oxygen atoms in total. The predicted octanol–water partition coefficient (Wildman–Crippen LogP) is 9.05. The summed E-state index contributed by atoms with van der Waals surface area (Å²) < 4.78 is 0. The van der Waals surface area contributed by atoms with Crippen molar-refractivity contribution in [3.8, 4) is 0 Å². The quantitative estimate of drug-likeness (QED) is 0.274. The minimum Gasteiger partial charge on any atom is -0.0622 e. The average molecular weight is 419 g/mol. The Morgan fingerprint density at radius 1 is 0.406 bits per heavy atom. The molecule has 0 heteroatoms. The van der Waals surface area contributed by atoms with Crippen molar-refractivity contribution in [3.63, 3.8) is 0 Å². The zero-order valence-corrected chi connectivity index (χ0v) is 19.6. The Morgan fingerprint density at radius 2 is 1.00 bits per heavy atom. The molecule has 0 aliphatic carbocycles. The van der Waals surface area contributed by atoms with Crippen molar-refractivity contribution < 1.29 is 0 Å². The first-order valence-corrected chi connectivity index (χ1v) is 11.7. The number of aryl methyl sites for hydroxylation is 3. The average Bonchev–Trinajstić information content (AvgIpc) is 2.89. The van der Waals surface area contributed by atoms with Crippen LogP contribution in [0.15, 0.2) is 115 Å². The zero-order valence-electron chi connectivity index (χ0n) is 19.6. The van der Waals surface area contributed by atoms with Crippen LogP contribution in [-0.2, 0) is 19.3 Å². The molecule has 5 rings (SSSR count). The molecule has 0 saturated carbocycles. The van der Waals surface area contributed by atoms with Gasteiger partial charge in [-0.1, -0.05) is 136 Å². The van der Waals surface area contributed by atoms with Crippen LogP contribution in [0.2, 0.25) is 0 Å². The molecule has 0 spiro atoms. The van der Waals surface area contributed by atoms with E-state index < -0.39 is 0 Å². The summed E-state index contributed by atoms with van der Waals surface area (Å²) in [6, 6.07) is 40.6. The fraction of sp³-hybridized carbons (Fsp3) is 0.188. The van der Waals surface area contributed by atoms with Crippen molar-refractivity contribution in [1.82, 2.24) is 0 Å². The molecule has 0 aromatic heterocycles. The van der Waals surface area contributed by atoms with Gasteiger partial charge in [0.05, 0.1) is 0 Å². The summed E-state index contributed by atoms with van der Waals surface area (Å²) in [4.78, 5) is 0. The van der Waals surface area contributed by atoms with Crippen molar-refractivity contribution >= 4 is 21.5 Å². The molecule has 0 bridgehead atoms. The lowest BCUT2D eigenvalue weighted by atomic mass is 10.0. The van der Waals surface area contributed by atoms with Gasteiger partial charge in [0.25, 0.3) is 0 Å². The van der Waals surface area contributed by atoms with E-state index >= 15 is 0 Å². The largest absolute Gasteiger partial charge is 0.0622 e. The summed E-state index contributed by atoms with van der Waals surface area (Å²) in [6.45, 7) is 6.54. The summed E-state index contributed by atoms with van der Waals surface area (Å²) in [5, 5.41) is 5.41. The topological polar surface area (TPSA) is 0 Å². The highest BCUT2D eigenvalue weighted by atomic mass is 14.0. The third-order valence-corrected chi connectivity index (χ3v) is 5.73. The molecule has 0 saturated heterocycles. The van der Waals surface area contributed by atoms with Gasteiger partial charge in [0.15, 0.2) is 0 Å². The maximum Gasteiger partial charge on any atom is -0.0152 e. The molecule has 0 amide bonds. The van der Waals surface area contributed by atoms with Gasteiger partial charge in [0, 0.05) is 0 Å². The highest BCUT2D eigenvalue weighted by Gasteiger charge is 1.95. The summed E-state index contributed by atoms with van der Waals surface area (Å²) >= 11 is 0. The lowest BCUT2D eigenvalue weighted by Crippen LogP contribution is -1.81. The maximum absolute atomic E-state index is 2.26. The van der Waals surface area contributed by atoms with Crippen LogP contribution in [0.25, 0.3) is 21.5 Å². The minimum atomic E-state index is 1.11. The lowest BCUT2D eigenvalue weighted by molar-refractivity contribution is 1.14. The molecule has 0 aliphatic rings. The Balaban J connectivity index is 0.000000139. The normalized spacial score (nSPS) is 10.1. The van der Waals surface area contributed by atoms with Crippen LogP contribution < -0.4 is 0 Å². The van der Waals surface area contributed by atoms with E-state index in [1.54, 1.807) is 0 Å². The van der Waals surface area contributed by atoms with Crippen LogP contribution >= 0.6 is 0 Å². The highest BCUT2D eigenvalue weighted by Crippen LogP contribution is 2.18. The molecule has 0 atom stereocenters. The predicted molar refractivity (Wildman–Crippen MR) is 142 cm³/mol. The Morgan fingerprint density at radius 3 is 1.66 bits per heavy atom. The number of hydrogen-bond acceptors (Lipinski definition) is 0. The molecule has 0 fully saturated rings. The Labute approximate surface area is 193 Å². The summed E-state index contributed by atoms with van der Waals surface area (Å²) in [5.74, 6) is 0. The molecule has 162 valence electrons. The van der Waals surface area contributed by atoms with E-state index in [-0.39, 0.29) is 0 Å². The van der Waals surface area contributed by atoms with Crippen molar-refractivity contribution in [1.29, 1.82) is 0 Å². The van der Waals surface area contributed by atoms with Gasteiger partial charge in [0.2, 0.25) is 0 Å². The molecule has 0 unspecified atom stereocenters. The van der Waals surface area contributed by atoms with Crippen molar-refractivity contribution in [3.05, 3.63) is 132 Å². The fourth-order valence-corrected chi connectivity index (χ4v) is 3.77. The second-order valence-electron chi connectivity index (χ2n) is 7.87. The summed E-state index contributed by atoms with van der Waals surface area (Å²) in [6.07, 6.45) is 3.37. The Hall–Kier alpha value is -3.38. The second-order valence-corrected chi connectivity index (χ2v) is 7.87. The van der Waals surface area contributed by atoms with E-state index in [0.29, 0.717) is 0 Å². The standard InChI is InChI=1S/2C12H12.C8H10/c1-2-10-7-5-8-11-6-3-4-9-12(10)11;1-2-10-7-8-11-5-3-4-6-12(11)9-10;1-2-8-6-4-3-5-7-8/h2*3-9H,2H2,1H3;3-7H,2H2,1H3. The Bertz CT molecular complexity index is 1210. The molecule has 32 heavy (non-hydrogen) atoms. The maximum atomic E-state index is 2.26. The first-order valence-electron chi connectivity index (χ1n) is 11.7. The van der Waals surface area contributed by atoms with Crippen LogP contribution in [-0.4, -0.2) is 0 Å². The summed E-state index contributed by atoms with van der Waals surface area (Å²) in [7, 11) is 0. The van der Waals surface area contributed by atoms with E-state index in [0.717, 1.165) is 19.3 Å². The highest BCUT2D eigenvalue weighted by molar-refractivity contribution is 5.85. The van der Waals surface area contributed by atoms with Crippen molar-refractivity contribution in [2.24, 2.45) is 0 Å². The minimum absolute atomic E-state index is 1.11. The van der Waals surface area contributed by atoms with Gasteiger partial charge in [-0.05, 0) is 57.5 Å². The smallest absolute Gasteiger partial charge is 0.0152 e. The van der Waals surface area contributed by atoms with Gasteiger partial charge in [-0.25, -0.2) is 0 Å². The van der Waals surface area contributed by atoms with Crippen LogP contribution in [0, 0.1) is 0 Å². The molecular weight excluding hydrogens is 384 g/mol. The second kappa shape index (κ2) is 12.5. The number of fused-ring (bicyclic) bond motifs is 2. The SMILES string of the molecule is CCc1ccc2ccccc2c1.CCc1cccc2ccccc12.CCc1ccccc1. The lowest BCUT2D eigenvalue weighted by Gasteiger charge is -2.02. The number of benzene rings is 5. The van der Waals surface area contributed by atoms with E-state index in [2.05, 4.69) is 130 Å².